The van der Waals surface area contributed by atoms with Gasteiger partial charge in [0.25, 0.3) is 0 Å². The highest BCUT2D eigenvalue weighted by molar-refractivity contribution is 7.89. The SMILES string of the molecule is Cc1ncc(CNS(=O)(=O)c2ccccc2OC(F)(F)F)s1. The summed E-state index contributed by atoms with van der Waals surface area (Å²) in [6.07, 6.45) is -3.47. The van der Waals surface area contributed by atoms with E-state index >= 15 is 0 Å². The van der Waals surface area contributed by atoms with Gasteiger partial charge in [-0.2, -0.15) is 0 Å². The minimum Gasteiger partial charge on any atom is -0.404 e. The predicted octanol–water partition coefficient (Wildman–Crippen LogP) is 2.83. The Morgan fingerprint density at radius 3 is 2.59 bits per heavy atom. The second-order valence-corrected chi connectivity index (χ2v) is 7.22. The number of nitrogens with zero attached hydrogens (tertiary/aromatic N) is 1. The first kappa shape index (κ1) is 16.7. The highest BCUT2D eigenvalue weighted by Gasteiger charge is 2.33. The summed E-state index contributed by atoms with van der Waals surface area (Å²) in [5, 5.41) is 0.759. The molecule has 1 N–H and O–H groups in total. The first-order chi connectivity index (χ1) is 10.2. The standard InChI is InChI=1S/C12H11F3N2O3S2/c1-8-16-6-9(21-8)7-17-22(18,19)11-5-3-2-4-10(11)20-12(13,14)15/h2-6,17H,7H2,1H3. The molecule has 1 aromatic heterocycles. The molecule has 0 aliphatic rings. The summed E-state index contributed by atoms with van der Waals surface area (Å²) in [7, 11) is -4.15. The first-order valence-electron chi connectivity index (χ1n) is 5.93. The topological polar surface area (TPSA) is 68.3 Å². The third kappa shape index (κ3) is 4.42. The molecule has 0 saturated carbocycles. The van der Waals surface area contributed by atoms with Crippen LogP contribution in [0.5, 0.6) is 5.75 Å². The first-order valence-corrected chi connectivity index (χ1v) is 8.23. The fraction of sp³-hybridized carbons (Fsp3) is 0.250. The Kier molecular flexibility index (Phi) is 4.73. The van der Waals surface area contributed by atoms with Crippen LogP contribution < -0.4 is 9.46 Å². The number of hydrogen-bond donors (Lipinski definition) is 1. The lowest BCUT2D eigenvalue weighted by Gasteiger charge is -2.13. The zero-order valence-corrected chi connectivity index (χ0v) is 12.8. The summed E-state index contributed by atoms with van der Waals surface area (Å²) in [6.45, 7) is 1.70. The molecule has 0 aliphatic carbocycles. The van der Waals surface area contributed by atoms with Gasteiger partial charge < -0.3 is 4.74 Å². The highest BCUT2D eigenvalue weighted by atomic mass is 32.2. The second-order valence-electron chi connectivity index (χ2n) is 4.16. The van der Waals surface area contributed by atoms with E-state index in [0.717, 1.165) is 17.1 Å². The molecule has 22 heavy (non-hydrogen) atoms. The average Bonchev–Trinajstić information content (AvgIpc) is 2.81. The van der Waals surface area contributed by atoms with Crippen LogP contribution in [0.3, 0.4) is 0 Å². The molecule has 0 unspecified atom stereocenters. The number of nitrogens with one attached hydrogen (secondary N) is 1. The van der Waals surface area contributed by atoms with Crippen molar-refractivity contribution >= 4 is 21.4 Å². The number of rotatable bonds is 5. The number of hydrogen-bond acceptors (Lipinski definition) is 5. The van der Waals surface area contributed by atoms with Crippen molar-refractivity contribution in [2.75, 3.05) is 0 Å². The maximum atomic E-state index is 12.3. The van der Waals surface area contributed by atoms with Crippen LogP contribution in [-0.2, 0) is 16.6 Å². The summed E-state index contributed by atoms with van der Waals surface area (Å²) in [5.74, 6) is -0.775. The van der Waals surface area contributed by atoms with Crippen LogP contribution in [0.25, 0.3) is 0 Å². The predicted molar refractivity (Wildman–Crippen MR) is 74.0 cm³/mol. The fourth-order valence-corrected chi connectivity index (χ4v) is 3.57. The Hall–Kier alpha value is -1.65. The van der Waals surface area contributed by atoms with Gasteiger partial charge in [0.05, 0.1) is 5.01 Å². The van der Waals surface area contributed by atoms with E-state index in [2.05, 4.69) is 14.4 Å². The van der Waals surface area contributed by atoms with Crippen molar-refractivity contribution in [2.24, 2.45) is 0 Å². The highest BCUT2D eigenvalue weighted by Crippen LogP contribution is 2.29. The normalized spacial score (nSPS) is 12.4. The molecule has 120 valence electrons. The molecule has 0 atom stereocenters. The molecule has 0 aliphatic heterocycles. The molecule has 0 spiro atoms. The summed E-state index contributed by atoms with van der Waals surface area (Å²) < 4.78 is 67.2. The maximum absolute atomic E-state index is 12.3. The van der Waals surface area contributed by atoms with Crippen LogP contribution in [0, 0.1) is 6.92 Å². The van der Waals surface area contributed by atoms with Gasteiger partial charge in [0.15, 0.2) is 0 Å². The summed E-state index contributed by atoms with van der Waals surface area (Å²) in [6, 6.07) is 4.56. The Morgan fingerprint density at radius 1 is 1.32 bits per heavy atom. The second kappa shape index (κ2) is 6.23. The van der Waals surface area contributed by atoms with Crippen LogP contribution in [0.4, 0.5) is 13.2 Å². The summed E-state index contributed by atoms with van der Waals surface area (Å²) in [5.41, 5.74) is 0. The lowest BCUT2D eigenvalue weighted by molar-refractivity contribution is -0.275. The summed E-state index contributed by atoms with van der Waals surface area (Å²) >= 11 is 1.29. The molecular formula is C12H11F3N2O3S2. The molecular weight excluding hydrogens is 341 g/mol. The molecule has 2 rings (SSSR count). The monoisotopic (exact) mass is 352 g/mol. The van der Waals surface area contributed by atoms with Crippen LogP contribution >= 0.6 is 11.3 Å². The minimum atomic E-state index is -4.97. The van der Waals surface area contributed by atoms with E-state index in [9.17, 15) is 21.6 Å². The Balaban J connectivity index is 2.22. The van der Waals surface area contributed by atoms with Gasteiger partial charge in [0, 0.05) is 17.6 Å². The van der Waals surface area contributed by atoms with E-state index < -0.39 is 27.0 Å². The molecule has 0 saturated heterocycles. The maximum Gasteiger partial charge on any atom is 0.573 e. The van der Waals surface area contributed by atoms with Crippen molar-refractivity contribution in [3.8, 4) is 5.75 Å². The molecule has 0 radical (unpaired) electrons. The Labute approximate surface area is 128 Å². The number of benzene rings is 1. The Morgan fingerprint density at radius 2 is 2.00 bits per heavy atom. The average molecular weight is 352 g/mol. The van der Waals surface area contributed by atoms with Gasteiger partial charge in [-0.15, -0.1) is 24.5 Å². The number of thiazole rings is 1. The van der Waals surface area contributed by atoms with E-state index in [1.54, 1.807) is 6.92 Å². The zero-order valence-electron chi connectivity index (χ0n) is 11.2. The smallest absolute Gasteiger partial charge is 0.404 e. The van der Waals surface area contributed by atoms with Crippen molar-refractivity contribution < 1.29 is 26.3 Å². The largest absolute Gasteiger partial charge is 0.573 e. The van der Waals surface area contributed by atoms with Crippen molar-refractivity contribution in [3.05, 3.63) is 40.3 Å². The summed E-state index contributed by atoms with van der Waals surface area (Å²) in [4.78, 5) is 4.04. The van der Waals surface area contributed by atoms with E-state index in [0.29, 0.717) is 4.88 Å². The van der Waals surface area contributed by atoms with Gasteiger partial charge in [-0.05, 0) is 19.1 Å². The fourth-order valence-electron chi connectivity index (χ4n) is 1.61. The number of alkyl halides is 3. The van der Waals surface area contributed by atoms with Crippen LogP contribution in [0.1, 0.15) is 9.88 Å². The van der Waals surface area contributed by atoms with Crippen molar-refractivity contribution in [1.82, 2.24) is 9.71 Å². The molecule has 1 heterocycles. The third-order valence-electron chi connectivity index (χ3n) is 2.47. The number of para-hydroxylation sites is 1. The Bertz CT molecular complexity index is 757. The zero-order chi connectivity index (χ0) is 16.4. The number of halogens is 3. The lowest BCUT2D eigenvalue weighted by atomic mass is 10.3. The lowest BCUT2D eigenvalue weighted by Crippen LogP contribution is -2.25. The van der Waals surface area contributed by atoms with Gasteiger partial charge in [-0.3, -0.25) is 0 Å². The van der Waals surface area contributed by atoms with Crippen LogP contribution in [0.2, 0.25) is 0 Å². The minimum absolute atomic E-state index is 0.0613. The number of ether oxygens (including phenoxy) is 1. The van der Waals surface area contributed by atoms with Gasteiger partial charge in [0.1, 0.15) is 10.6 Å². The van der Waals surface area contributed by atoms with Gasteiger partial charge in [0.2, 0.25) is 10.0 Å². The van der Waals surface area contributed by atoms with Crippen molar-refractivity contribution in [1.29, 1.82) is 0 Å². The molecule has 10 heteroatoms. The molecule has 0 fully saturated rings. The van der Waals surface area contributed by atoms with Crippen LogP contribution in [-0.4, -0.2) is 19.8 Å². The van der Waals surface area contributed by atoms with Crippen molar-refractivity contribution in [2.45, 2.75) is 24.7 Å². The van der Waals surface area contributed by atoms with E-state index in [-0.39, 0.29) is 6.54 Å². The van der Waals surface area contributed by atoms with Gasteiger partial charge >= 0.3 is 6.36 Å². The van der Waals surface area contributed by atoms with E-state index in [4.69, 9.17) is 0 Å². The van der Waals surface area contributed by atoms with E-state index in [1.165, 1.54) is 29.7 Å². The molecule has 2 aromatic rings. The van der Waals surface area contributed by atoms with Crippen LogP contribution in [0.15, 0.2) is 35.4 Å². The van der Waals surface area contributed by atoms with E-state index in [1.807, 2.05) is 0 Å². The number of sulfonamides is 1. The number of aromatic nitrogens is 1. The van der Waals surface area contributed by atoms with Crippen molar-refractivity contribution in [3.63, 3.8) is 0 Å². The molecule has 1 aromatic carbocycles. The molecule has 5 nitrogen and oxygen atoms in total. The van der Waals surface area contributed by atoms with Gasteiger partial charge in [-0.25, -0.2) is 18.1 Å². The molecule has 0 bridgehead atoms. The molecule has 0 amide bonds. The van der Waals surface area contributed by atoms with Gasteiger partial charge in [-0.1, -0.05) is 12.1 Å². The number of aryl methyl sites for hydroxylation is 1. The quantitative estimate of drug-likeness (QED) is 0.898. The third-order valence-corrected chi connectivity index (χ3v) is 4.82.